The zero-order valence-corrected chi connectivity index (χ0v) is 44.2. The monoisotopic (exact) mass is 833 g/mol. The summed E-state index contributed by atoms with van der Waals surface area (Å²) in [6.07, 6.45) is 44.5. The van der Waals surface area contributed by atoms with Crippen LogP contribution in [0.2, 0.25) is 0 Å². The highest BCUT2D eigenvalue weighted by molar-refractivity contribution is 5.09. The first-order valence-electron chi connectivity index (χ1n) is 27.3. The molecule has 0 N–H and O–H groups in total. The fourth-order valence-electron chi connectivity index (χ4n) is 10.5. The van der Waals surface area contributed by atoms with E-state index in [0.29, 0.717) is 21.7 Å². The fourth-order valence-corrected chi connectivity index (χ4v) is 10.5. The average molecular weight is 834 g/mol. The standard InChI is InChI=1S/C15H28.C15H26.C15H30.C15H28/c2*1-11-9-13(11)14-10-12(14)7-5-6-8-15(2,3)4;2*1-5-6-9-13-12-14(13)10-7-8-11-15(2,3)4/h11-14H,5-10H2,1-4H3;5,7,11-14H,6,8-10H2,1-4H3;13-14H,5-12H2,1-4H3;7,10,13-14H,5-6,8-9,11-12H2,1-4H3/b;7-5+;;10-7+. The summed E-state index contributed by atoms with van der Waals surface area (Å²) in [6.45, 7) is 37.5. The highest BCUT2D eigenvalue weighted by Crippen LogP contribution is 2.59. The van der Waals surface area contributed by atoms with Gasteiger partial charge >= 0.3 is 0 Å². The van der Waals surface area contributed by atoms with Gasteiger partial charge in [-0.15, -0.1) is 0 Å². The molecule has 352 valence electrons. The summed E-state index contributed by atoms with van der Waals surface area (Å²) < 4.78 is 0. The maximum atomic E-state index is 2.50. The molecule has 6 saturated carbocycles. The smallest absolute Gasteiger partial charge is 0.0199 e. The zero-order chi connectivity index (χ0) is 44.7. The lowest BCUT2D eigenvalue weighted by molar-refractivity contribution is 0.354. The molecule has 60 heavy (non-hydrogen) atoms. The Morgan fingerprint density at radius 1 is 0.367 bits per heavy atom. The first-order chi connectivity index (χ1) is 28.0. The molecule has 12 atom stereocenters. The predicted molar refractivity (Wildman–Crippen MR) is 271 cm³/mol. The van der Waals surface area contributed by atoms with E-state index in [1.54, 1.807) is 19.3 Å². The average Bonchev–Trinajstić information content (AvgIpc) is 3.91. The van der Waals surface area contributed by atoms with Gasteiger partial charge in [-0.1, -0.05) is 206 Å². The topological polar surface area (TPSA) is 0 Å². The molecule has 0 heterocycles. The third kappa shape index (κ3) is 26.3. The predicted octanol–water partition coefficient (Wildman–Crippen LogP) is 20.2. The summed E-state index contributed by atoms with van der Waals surface area (Å²) in [5.74, 6) is 12.9. The van der Waals surface area contributed by atoms with E-state index in [1.165, 1.54) is 135 Å². The Bertz CT molecular complexity index is 1190. The number of hydrogen-bond donors (Lipinski definition) is 0. The Morgan fingerprint density at radius 3 is 1.20 bits per heavy atom. The quantitative estimate of drug-likeness (QED) is 0.0753. The van der Waals surface area contributed by atoms with E-state index < -0.39 is 0 Å². The van der Waals surface area contributed by atoms with Gasteiger partial charge in [0.25, 0.3) is 0 Å². The van der Waals surface area contributed by atoms with Gasteiger partial charge < -0.3 is 0 Å². The van der Waals surface area contributed by atoms with Crippen LogP contribution >= 0.6 is 0 Å². The van der Waals surface area contributed by atoms with E-state index in [4.69, 9.17) is 0 Å². The minimum absolute atomic E-state index is 0.496. The van der Waals surface area contributed by atoms with E-state index in [-0.39, 0.29) is 0 Å². The van der Waals surface area contributed by atoms with Gasteiger partial charge in [0, 0.05) is 0 Å². The summed E-state index contributed by atoms with van der Waals surface area (Å²) in [7, 11) is 0. The Kier molecular flexibility index (Phi) is 22.6. The summed E-state index contributed by atoms with van der Waals surface area (Å²) in [6, 6.07) is 0. The van der Waals surface area contributed by atoms with Gasteiger partial charge in [0.15, 0.2) is 0 Å². The number of hydrogen-bond acceptors (Lipinski definition) is 0. The molecule has 0 radical (unpaired) electrons. The normalized spacial score (nSPS) is 32.7. The van der Waals surface area contributed by atoms with Gasteiger partial charge in [0.1, 0.15) is 0 Å². The molecule has 0 bridgehead atoms. The Labute approximate surface area is 380 Å². The largest absolute Gasteiger partial charge is 0.0882 e. The molecule has 0 nitrogen and oxygen atoms in total. The number of allylic oxidation sites excluding steroid dienone is 4. The third-order valence-electron chi connectivity index (χ3n) is 15.6. The molecule has 0 aromatic rings. The minimum atomic E-state index is 0.496. The molecule has 6 aliphatic rings. The first-order valence-corrected chi connectivity index (χ1v) is 27.3. The lowest BCUT2D eigenvalue weighted by atomic mass is 9.89. The molecule has 0 amide bonds. The van der Waals surface area contributed by atoms with Gasteiger partial charge in [-0.05, 0) is 176 Å². The highest BCUT2D eigenvalue weighted by atomic mass is 14.6. The minimum Gasteiger partial charge on any atom is -0.0882 e. The molecular weight excluding hydrogens is 721 g/mol. The lowest BCUT2D eigenvalue weighted by Crippen LogP contribution is -2.04. The second kappa shape index (κ2) is 25.2. The van der Waals surface area contributed by atoms with Crippen molar-refractivity contribution in [1.82, 2.24) is 0 Å². The Hall–Kier alpha value is -0.520. The van der Waals surface area contributed by atoms with Crippen molar-refractivity contribution in [3.8, 4) is 0 Å². The second-order valence-corrected chi connectivity index (χ2v) is 27.3. The highest BCUT2D eigenvalue weighted by Gasteiger charge is 2.51. The van der Waals surface area contributed by atoms with Crippen molar-refractivity contribution >= 4 is 0 Å². The van der Waals surface area contributed by atoms with Crippen molar-refractivity contribution in [3.63, 3.8) is 0 Å². The van der Waals surface area contributed by atoms with Crippen molar-refractivity contribution in [3.05, 3.63) is 24.3 Å². The molecule has 0 heteroatoms. The third-order valence-corrected chi connectivity index (χ3v) is 15.6. The maximum Gasteiger partial charge on any atom is -0.0199 e. The van der Waals surface area contributed by atoms with Crippen LogP contribution in [0.15, 0.2) is 24.3 Å². The molecule has 0 aliphatic heterocycles. The lowest BCUT2D eigenvalue weighted by Gasteiger charge is -2.17. The van der Waals surface area contributed by atoms with Gasteiger partial charge in [-0.3, -0.25) is 0 Å². The van der Waals surface area contributed by atoms with Crippen LogP contribution in [0.25, 0.3) is 0 Å². The molecule has 6 fully saturated rings. The van der Waals surface area contributed by atoms with Crippen LogP contribution in [-0.4, -0.2) is 0 Å². The summed E-state index contributed by atoms with van der Waals surface area (Å²) >= 11 is 0. The van der Waals surface area contributed by atoms with Crippen LogP contribution in [0.4, 0.5) is 0 Å². The molecule has 0 saturated heterocycles. The molecule has 0 aromatic heterocycles. The second-order valence-electron chi connectivity index (χ2n) is 27.3. The van der Waals surface area contributed by atoms with Crippen LogP contribution in [0, 0.1) is 92.7 Å². The van der Waals surface area contributed by atoms with Crippen LogP contribution in [0.1, 0.15) is 265 Å². The maximum absolute atomic E-state index is 2.50. The fraction of sp³-hybridized carbons (Fsp3) is 0.933. The molecule has 0 spiro atoms. The number of unbranched alkanes of at least 4 members (excludes halogenated alkanes) is 4. The van der Waals surface area contributed by atoms with E-state index >= 15 is 0 Å². The van der Waals surface area contributed by atoms with Crippen LogP contribution in [0.3, 0.4) is 0 Å². The molecular formula is C60H112. The number of rotatable bonds is 22. The van der Waals surface area contributed by atoms with Crippen LogP contribution < -0.4 is 0 Å². The first kappa shape index (κ1) is 53.8. The summed E-state index contributed by atoms with van der Waals surface area (Å²) in [4.78, 5) is 0. The van der Waals surface area contributed by atoms with Crippen molar-refractivity contribution in [2.45, 2.75) is 265 Å². The van der Waals surface area contributed by atoms with Crippen molar-refractivity contribution < 1.29 is 0 Å². The van der Waals surface area contributed by atoms with E-state index in [1.807, 2.05) is 0 Å². The van der Waals surface area contributed by atoms with Gasteiger partial charge in [0.2, 0.25) is 0 Å². The Balaban J connectivity index is 0.000000214. The summed E-state index contributed by atoms with van der Waals surface area (Å²) in [5.41, 5.74) is 2.09. The van der Waals surface area contributed by atoms with Gasteiger partial charge in [-0.2, -0.15) is 0 Å². The van der Waals surface area contributed by atoms with Crippen molar-refractivity contribution in [1.29, 1.82) is 0 Å². The molecule has 6 rings (SSSR count). The zero-order valence-electron chi connectivity index (χ0n) is 44.2. The molecule has 6 aliphatic carbocycles. The Morgan fingerprint density at radius 2 is 0.767 bits per heavy atom. The SMILES string of the molecule is CC1CC1C1CC1/C=C/CCC(C)(C)C.CC1CC1C1CC1CCCCC(C)(C)C.CCCCC1CC1/C=C/CCC(C)(C)C.CCCCC1CC1CCCCC(C)(C)C. The molecule has 0 aromatic carbocycles. The van der Waals surface area contributed by atoms with Crippen molar-refractivity contribution in [2.24, 2.45) is 92.7 Å². The van der Waals surface area contributed by atoms with Crippen LogP contribution in [-0.2, 0) is 0 Å². The summed E-state index contributed by atoms with van der Waals surface area (Å²) in [5, 5.41) is 0. The molecule has 12 unspecified atom stereocenters. The van der Waals surface area contributed by atoms with Crippen LogP contribution in [0.5, 0.6) is 0 Å². The van der Waals surface area contributed by atoms with Crippen molar-refractivity contribution in [2.75, 3.05) is 0 Å². The van der Waals surface area contributed by atoms with Gasteiger partial charge in [-0.25, -0.2) is 0 Å². The van der Waals surface area contributed by atoms with Gasteiger partial charge in [0.05, 0.1) is 0 Å². The van der Waals surface area contributed by atoms with E-state index in [9.17, 15) is 0 Å². The van der Waals surface area contributed by atoms with E-state index in [2.05, 4.69) is 135 Å². The van der Waals surface area contributed by atoms with E-state index in [0.717, 1.165) is 71.0 Å².